The molecule has 25 heavy (non-hydrogen) atoms. The molecule has 0 aliphatic rings. The predicted molar refractivity (Wildman–Crippen MR) is 90.1 cm³/mol. The molecule has 2 N–H and O–H groups in total. The van der Waals surface area contributed by atoms with E-state index in [4.69, 9.17) is 9.84 Å². The van der Waals surface area contributed by atoms with Crippen molar-refractivity contribution < 1.29 is 19.7 Å². The number of aryl methyl sites for hydroxylation is 1. The van der Waals surface area contributed by atoms with E-state index in [2.05, 4.69) is 15.2 Å². The Kier molecular flexibility index (Phi) is 4.34. The average molecular weight is 340 g/mol. The largest absolute Gasteiger partial charge is 0.504 e. The second kappa shape index (κ2) is 6.60. The van der Waals surface area contributed by atoms with Gasteiger partial charge in [0.15, 0.2) is 17.2 Å². The van der Waals surface area contributed by atoms with E-state index < -0.39 is 5.97 Å². The molecule has 0 saturated carbocycles. The van der Waals surface area contributed by atoms with Gasteiger partial charge in [-0.15, -0.1) is 10.2 Å². The lowest BCUT2D eigenvalue weighted by atomic mass is 10.2. The molecule has 2 heterocycles. The van der Waals surface area contributed by atoms with Crippen molar-refractivity contribution in [2.45, 2.75) is 13.3 Å². The Labute approximate surface area is 143 Å². The zero-order valence-electron chi connectivity index (χ0n) is 13.7. The average Bonchev–Trinajstić information content (AvgIpc) is 2.91. The summed E-state index contributed by atoms with van der Waals surface area (Å²) in [5.74, 6) is -0.320. The Morgan fingerprint density at radius 1 is 1.32 bits per heavy atom. The fourth-order valence-corrected chi connectivity index (χ4v) is 2.43. The van der Waals surface area contributed by atoms with Crippen LogP contribution in [0.1, 0.15) is 11.3 Å². The third kappa shape index (κ3) is 3.27. The van der Waals surface area contributed by atoms with Crippen LogP contribution in [-0.4, -0.2) is 32.7 Å². The van der Waals surface area contributed by atoms with Gasteiger partial charge in [-0.25, -0.2) is 4.98 Å². The predicted octanol–water partition coefficient (Wildman–Crippen LogP) is 3.40. The number of pyridine rings is 1. The topological polar surface area (TPSA) is 109 Å². The van der Waals surface area contributed by atoms with Crippen LogP contribution in [0.3, 0.4) is 0 Å². The summed E-state index contributed by atoms with van der Waals surface area (Å²) in [6, 6.07) is 8.56. The van der Waals surface area contributed by atoms with Crippen molar-refractivity contribution in [2.24, 2.45) is 10.2 Å². The number of ether oxygens (including phenoxy) is 1. The van der Waals surface area contributed by atoms with Gasteiger partial charge in [-0.1, -0.05) is 6.07 Å². The smallest absolute Gasteiger partial charge is 0.309 e. The zero-order chi connectivity index (χ0) is 18.0. The summed E-state index contributed by atoms with van der Waals surface area (Å²) in [6.45, 7) is 1.92. The molecule has 2 aromatic heterocycles. The minimum atomic E-state index is -1.05. The van der Waals surface area contributed by atoms with Gasteiger partial charge in [0.25, 0.3) is 0 Å². The van der Waals surface area contributed by atoms with Gasteiger partial charge in [0.1, 0.15) is 11.4 Å². The lowest BCUT2D eigenvalue weighted by Crippen LogP contribution is -2.00. The van der Waals surface area contributed by atoms with Gasteiger partial charge in [0.05, 0.1) is 19.2 Å². The molecule has 0 bridgehead atoms. The molecule has 3 rings (SSSR count). The molecule has 0 radical (unpaired) electrons. The summed E-state index contributed by atoms with van der Waals surface area (Å²) in [5, 5.41) is 27.4. The summed E-state index contributed by atoms with van der Waals surface area (Å²) in [6.07, 6.45) is 1.30. The number of carboxylic acid groups (broad SMARTS) is 1. The third-order valence-corrected chi connectivity index (χ3v) is 3.58. The lowest BCUT2D eigenvalue weighted by molar-refractivity contribution is -0.136. The molecule has 0 spiro atoms. The summed E-state index contributed by atoms with van der Waals surface area (Å²) in [7, 11) is 1.53. The number of fused-ring (bicyclic) bond motifs is 1. The van der Waals surface area contributed by atoms with E-state index >= 15 is 0 Å². The Hall–Kier alpha value is -3.42. The van der Waals surface area contributed by atoms with Gasteiger partial charge in [0, 0.05) is 6.20 Å². The van der Waals surface area contributed by atoms with E-state index in [1.165, 1.54) is 17.6 Å². The Morgan fingerprint density at radius 2 is 2.12 bits per heavy atom. The van der Waals surface area contributed by atoms with E-state index in [0.29, 0.717) is 11.4 Å². The number of imidazole rings is 1. The second-order valence-corrected chi connectivity index (χ2v) is 5.41. The summed E-state index contributed by atoms with van der Waals surface area (Å²) in [4.78, 5) is 15.3. The second-order valence-electron chi connectivity index (χ2n) is 5.41. The molecule has 0 aliphatic carbocycles. The molecule has 0 aliphatic heterocycles. The number of aliphatic carboxylic acids is 1. The van der Waals surface area contributed by atoms with E-state index in [0.717, 1.165) is 5.56 Å². The Balaban J connectivity index is 2.13. The normalized spacial score (nSPS) is 11.3. The monoisotopic (exact) mass is 340 g/mol. The van der Waals surface area contributed by atoms with Gasteiger partial charge in [-0.2, -0.15) is 0 Å². The van der Waals surface area contributed by atoms with Gasteiger partial charge in [0.2, 0.25) is 0 Å². The van der Waals surface area contributed by atoms with E-state index in [-0.39, 0.29) is 29.3 Å². The van der Waals surface area contributed by atoms with E-state index in [9.17, 15) is 9.90 Å². The fourth-order valence-electron chi connectivity index (χ4n) is 2.43. The number of hydrogen-bond acceptors (Lipinski definition) is 6. The van der Waals surface area contributed by atoms with Crippen LogP contribution in [0.25, 0.3) is 5.65 Å². The highest BCUT2D eigenvalue weighted by atomic mass is 16.5. The van der Waals surface area contributed by atoms with Crippen molar-refractivity contribution in [1.29, 1.82) is 0 Å². The van der Waals surface area contributed by atoms with Crippen molar-refractivity contribution in [3.05, 3.63) is 47.8 Å². The number of rotatable bonds is 5. The summed E-state index contributed by atoms with van der Waals surface area (Å²) >= 11 is 0. The van der Waals surface area contributed by atoms with Crippen LogP contribution in [0, 0.1) is 6.92 Å². The quantitative estimate of drug-likeness (QED) is 0.692. The van der Waals surface area contributed by atoms with Crippen molar-refractivity contribution >= 4 is 23.1 Å². The maximum Gasteiger partial charge on any atom is 0.309 e. The molecule has 0 unspecified atom stereocenters. The van der Waals surface area contributed by atoms with Gasteiger partial charge < -0.3 is 14.9 Å². The molecule has 8 heteroatoms. The summed E-state index contributed by atoms with van der Waals surface area (Å²) in [5.41, 5.74) is 1.93. The SMILES string of the molecule is COc1ccc(C)cc1N=Nc1c(CC(=O)O)nc2c(O)cccn12. The third-order valence-electron chi connectivity index (χ3n) is 3.58. The first-order chi connectivity index (χ1) is 12.0. The molecule has 0 saturated heterocycles. The van der Waals surface area contributed by atoms with Crippen LogP contribution < -0.4 is 4.74 Å². The first-order valence-corrected chi connectivity index (χ1v) is 7.46. The molecule has 8 nitrogen and oxygen atoms in total. The van der Waals surface area contributed by atoms with Crippen molar-refractivity contribution in [2.75, 3.05) is 7.11 Å². The highest BCUT2D eigenvalue weighted by Crippen LogP contribution is 2.32. The number of benzene rings is 1. The van der Waals surface area contributed by atoms with E-state index in [1.54, 1.807) is 24.4 Å². The van der Waals surface area contributed by atoms with Crippen LogP contribution in [0.2, 0.25) is 0 Å². The zero-order valence-corrected chi connectivity index (χ0v) is 13.7. The number of hydrogen-bond donors (Lipinski definition) is 2. The van der Waals surface area contributed by atoms with Crippen molar-refractivity contribution in [3.8, 4) is 11.5 Å². The van der Waals surface area contributed by atoms with Crippen LogP contribution >= 0.6 is 0 Å². The fraction of sp³-hybridized carbons (Fsp3) is 0.176. The summed E-state index contributed by atoms with van der Waals surface area (Å²) < 4.78 is 6.76. The number of methoxy groups -OCH3 is 1. The maximum atomic E-state index is 11.1. The molecule has 0 amide bonds. The molecule has 0 atom stereocenters. The highest BCUT2D eigenvalue weighted by molar-refractivity contribution is 5.73. The van der Waals surface area contributed by atoms with E-state index in [1.807, 2.05) is 13.0 Å². The maximum absolute atomic E-state index is 11.1. The molecular formula is C17H16N4O4. The highest BCUT2D eigenvalue weighted by Gasteiger charge is 2.17. The van der Waals surface area contributed by atoms with Gasteiger partial charge in [-0.05, 0) is 36.8 Å². The molecule has 3 aromatic rings. The van der Waals surface area contributed by atoms with Gasteiger partial charge in [-0.3, -0.25) is 9.20 Å². The first-order valence-electron chi connectivity index (χ1n) is 7.46. The lowest BCUT2D eigenvalue weighted by Gasteiger charge is -2.04. The molecule has 128 valence electrons. The minimum Gasteiger partial charge on any atom is -0.504 e. The van der Waals surface area contributed by atoms with Crippen molar-refractivity contribution in [1.82, 2.24) is 9.38 Å². The molecule has 0 fully saturated rings. The number of aromatic hydroxyl groups is 1. The Morgan fingerprint density at radius 3 is 2.84 bits per heavy atom. The number of carboxylic acids is 1. The van der Waals surface area contributed by atoms with Crippen LogP contribution in [-0.2, 0) is 11.2 Å². The number of aromatic nitrogens is 2. The number of azo groups is 1. The first kappa shape index (κ1) is 16.4. The van der Waals surface area contributed by atoms with Crippen molar-refractivity contribution in [3.63, 3.8) is 0 Å². The number of carbonyl (C=O) groups is 1. The van der Waals surface area contributed by atoms with Crippen LogP contribution in [0.4, 0.5) is 11.5 Å². The van der Waals surface area contributed by atoms with Crippen LogP contribution in [0.5, 0.6) is 11.5 Å². The van der Waals surface area contributed by atoms with Crippen LogP contribution in [0.15, 0.2) is 46.8 Å². The molecular weight excluding hydrogens is 324 g/mol. The number of nitrogens with zero attached hydrogens (tertiary/aromatic N) is 4. The van der Waals surface area contributed by atoms with Gasteiger partial charge >= 0.3 is 5.97 Å². The minimum absolute atomic E-state index is 0.0660. The molecule has 1 aromatic carbocycles. The standard InChI is InChI=1S/C17H16N4O4/c1-10-5-6-14(25-2)11(8-10)19-20-16-12(9-15(23)24)18-17-13(22)4-3-7-21(16)17/h3-8,22H,9H2,1-2H3,(H,23,24). The Bertz CT molecular complexity index is 978.